The van der Waals surface area contributed by atoms with E-state index < -0.39 is 0 Å². The normalized spacial score (nSPS) is 18.9. The number of pyridine rings is 1. The molecule has 20 heavy (non-hydrogen) atoms. The third kappa shape index (κ3) is 3.58. The molecule has 1 fully saturated rings. The van der Waals surface area contributed by atoms with Crippen molar-refractivity contribution in [2.45, 2.75) is 26.3 Å². The second kappa shape index (κ2) is 7.18. The molecule has 6 heteroatoms. The van der Waals surface area contributed by atoms with Crippen LogP contribution in [0.15, 0.2) is 12.3 Å². The van der Waals surface area contributed by atoms with Gasteiger partial charge in [-0.15, -0.1) is 0 Å². The molecule has 1 aliphatic heterocycles. The van der Waals surface area contributed by atoms with Gasteiger partial charge in [0.15, 0.2) is 0 Å². The summed E-state index contributed by atoms with van der Waals surface area (Å²) in [6.45, 7) is 5.78. The van der Waals surface area contributed by atoms with Crippen LogP contribution in [-0.2, 0) is 0 Å². The molecule has 1 atom stereocenters. The van der Waals surface area contributed by atoms with Gasteiger partial charge in [0.1, 0.15) is 5.82 Å². The molecular weight excluding hydrogens is 294 g/mol. The third-order valence-corrected chi connectivity index (χ3v) is 4.76. The van der Waals surface area contributed by atoms with Crippen molar-refractivity contribution >= 4 is 35.1 Å². The molecule has 1 amide bonds. The van der Waals surface area contributed by atoms with Crippen LogP contribution in [0, 0.1) is 0 Å². The molecule has 1 saturated heterocycles. The number of amides is 1. The number of halogens is 1. The Bertz CT molecular complexity index is 483. The Morgan fingerprint density at radius 1 is 1.65 bits per heavy atom. The predicted octanol–water partition coefficient (Wildman–Crippen LogP) is 3.13. The summed E-state index contributed by atoms with van der Waals surface area (Å²) < 4.78 is 0. The molecule has 0 aliphatic carbocycles. The van der Waals surface area contributed by atoms with E-state index in [2.05, 4.69) is 24.1 Å². The van der Waals surface area contributed by atoms with Crippen LogP contribution in [0.5, 0.6) is 0 Å². The fourth-order valence-electron chi connectivity index (χ4n) is 2.14. The van der Waals surface area contributed by atoms with E-state index in [4.69, 9.17) is 11.6 Å². The number of carbonyl (C=O) groups is 1. The summed E-state index contributed by atoms with van der Waals surface area (Å²) in [5, 5.41) is 3.61. The number of rotatable bonds is 4. The average Bonchev–Trinajstić information content (AvgIpc) is 2.46. The molecule has 0 aromatic carbocycles. The molecule has 1 unspecified atom stereocenters. The van der Waals surface area contributed by atoms with E-state index in [9.17, 15) is 4.79 Å². The molecule has 2 rings (SSSR count). The number of hydrogen-bond acceptors (Lipinski definition) is 4. The second-order valence-corrected chi connectivity index (χ2v) is 6.46. The maximum absolute atomic E-state index is 12.6. The zero-order chi connectivity index (χ0) is 14.5. The summed E-state index contributed by atoms with van der Waals surface area (Å²) in [5.74, 6) is 2.68. The zero-order valence-electron chi connectivity index (χ0n) is 11.9. The van der Waals surface area contributed by atoms with Gasteiger partial charge < -0.3 is 10.2 Å². The van der Waals surface area contributed by atoms with Gasteiger partial charge in [0, 0.05) is 36.8 Å². The number of aromatic nitrogens is 1. The number of nitrogens with zero attached hydrogens (tertiary/aromatic N) is 2. The minimum atomic E-state index is 0.00440. The van der Waals surface area contributed by atoms with Crippen LogP contribution in [0.3, 0.4) is 0 Å². The highest BCUT2D eigenvalue weighted by molar-refractivity contribution is 7.99. The van der Waals surface area contributed by atoms with E-state index in [0.29, 0.717) is 16.4 Å². The number of nitrogens with one attached hydrogen (secondary N) is 1. The van der Waals surface area contributed by atoms with Crippen LogP contribution in [0.1, 0.15) is 30.6 Å². The van der Waals surface area contributed by atoms with Gasteiger partial charge in [0.05, 0.1) is 10.6 Å². The Balaban J connectivity index is 2.19. The first-order valence-corrected chi connectivity index (χ1v) is 8.45. The van der Waals surface area contributed by atoms with E-state index in [1.807, 2.05) is 16.7 Å². The van der Waals surface area contributed by atoms with Gasteiger partial charge in [-0.25, -0.2) is 4.98 Å². The molecule has 0 radical (unpaired) electrons. The van der Waals surface area contributed by atoms with Crippen LogP contribution in [0.4, 0.5) is 5.82 Å². The lowest BCUT2D eigenvalue weighted by Gasteiger charge is -2.33. The van der Waals surface area contributed by atoms with Gasteiger partial charge in [-0.05, 0) is 19.4 Å². The van der Waals surface area contributed by atoms with Gasteiger partial charge >= 0.3 is 0 Å². The molecule has 2 heterocycles. The molecule has 1 aliphatic rings. The summed E-state index contributed by atoms with van der Waals surface area (Å²) in [5.41, 5.74) is 0.541. The van der Waals surface area contributed by atoms with Gasteiger partial charge in [-0.2, -0.15) is 11.8 Å². The summed E-state index contributed by atoms with van der Waals surface area (Å²) in [4.78, 5) is 18.7. The Morgan fingerprint density at radius 2 is 2.45 bits per heavy atom. The highest BCUT2D eigenvalue weighted by atomic mass is 35.5. The van der Waals surface area contributed by atoms with Gasteiger partial charge in [0.25, 0.3) is 5.91 Å². The van der Waals surface area contributed by atoms with Crippen LogP contribution in [0.25, 0.3) is 0 Å². The smallest absolute Gasteiger partial charge is 0.255 e. The number of carbonyl (C=O) groups excluding carboxylic acids is 1. The predicted molar refractivity (Wildman–Crippen MR) is 85.9 cm³/mol. The second-order valence-electron chi connectivity index (χ2n) is 4.90. The zero-order valence-corrected chi connectivity index (χ0v) is 13.4. The number of thioether (sulfide) groups is 1. The monoisotopic (exact) mass is 313 g/mol. The fourth-order valence-corrected chi connectivity index (χ4v) is 3.33. The summed E-state index contributed by atoms with van der Waals surface area (Å²) >= 11 is 8.04. The fraction of sp³-hybridized carbons (Fsp3) is 0.571. The topological polar surface area (TPSA) is 45.2 Å². The van der Waals surface area contributed by atoms with Crippen LogP contribution >= 0.6 is 23.4 Å². The third-order valence-electron chi connectivity index (χ3n) is 3.27. The quantitative estimate of drug-likeness (QED) is 0.927. The minimum absolute atomic E-state index is 0.00440. The standard InChI is InChI=1S/C14H20ClN3OS/c1-3-4-16-13-7-11(12(15)8-17-13)14(19)18-5-6-20-9-10(18)2/h7-8,10H,3-6,9H2,1-2H3,(H,16,17). The Morgan fingerprint density at radius 3 is 3.15 bits per heavy atom. The van der Waals surface area contributed by atoms with Crippen molar-refractivity contribution < 1.29 is 4.79 Å². The van der Waals surface area contributed by atoms with Gasteiger partial charge in [-0.1, -0.05) is 18.5 Å². The first-order valence-electron chi connectivity index (χ1n) is 6.91. The van der Waals surface area contributed by atoms with Gasteiger partial charge in [-0.3, -0.25) is 4.79 Å². The van der Waals surface area contributed by atoms with E-state index in [-0.39, 0.29) is 11.9 Å². The van der Waals surface area contributed by atoms with E-state index >= 15 is 0 Å². The van der Waals surface area contributed by atoms with Crippen LogP contribution < -0.4 is 5.32 Å². The molecule has 1 aromatic heterocycles. The Labute approximate surface area is 129 Å². The average molecular weight is 314 g/mol. The highest BCUT2D eigenvalue weighted by Gasteiger charge is 2.26. The van der Waals surface area contributed by atoms with Crippen LogP contribution in [0.2, 0.25) is 5.02 Å². The summed E-state index contributed by atoms with van der Waals surface area (Å²) in [6, 6.07) is 2.01. The summed E-state index contributed by atoms with van der Waals surface area (Å²) in [6.07, 6.45) is 2.56. The van der Waals surface area contributed by atoms with E-state index in [1.165, 1.54) is 0 Å². The Hall–Kier alpha value is -0.940. The molecule has 1 aromatic rings. The van der Waals surface area contributed by atoms with E-state index in [1.54, 1.807) is 12.3 Å². The SMILES string of the molecule is CCCNc1cc(C(=O)N2CCSCC2C)c(Cl)cn1. The molecule has 4 nitrogen and oxygen atoms in total. The van der Waals surface area contributed by atoms with E-state index in [0.717, 1.165) is 31.0 Å². The van der Waals surface area contributed by atoms with Crippen molar-refractivity contribution in [1.82, 2.24) is 9.88 Å². The molecule has 0 spiro atoms. The van der Waals surface area contributed by atoms with Crippen molar-refractivity contribution in [3.05, 3.63) is 22.8 Å². The molecule has 0 bridgehead atoms. The highest BCUT2D eigenvalue weighted by Crippen LogP contribution is 2.24. The maximum atomic E-state index is 12.6. The lowest BCUT2D eigenvalue weighted by atomic mass is 10.2. The van der Waals surface area contributed by atoms with Crippen LogP contribution in [-0.4, -0.2) is 46.4 Å². The minimum Gasteiger partial charge on any atom is -0.370 e. The first kappa shape index (κ1) is 15.4. The van der Waals surface area contributed by atoms with Crippen molar-refractivity contribution in [2.24, 2.45) is 0 Å². The lowest BCUT2D eigenvalue weighted by Crippen LogP contribution is -2.44. The first-order chi connectivity index (χ1) is 9.63. The maximum Gasteiger partial charge on any atom is 0.255 e. The number of anilines is 1. The van der Waals surface area contributed by atoms with Crippen molar-refractivity contribution in [3.8, 4) is 0 Å². The van der Waals surface area contributed by atoms with Crippen molar-refractivity contribution in [1.29, 1.82) is 0 Å². The van der Waals surface area contributed by atoms with Crippen molar-refractivity contribution in [2.75, 3.05) is 29.9 Å². The largest absolute Gasteiger partial charge is 0.370 e. The summed E-state index contributed by atoms with van der Waals surface area (Å²) in [7, 11) is 0. The number of hydrogen-bond donors (Lipinski definition) is 1. The molecule has 0 saturated carbocycles. The van der Waals surface area contributed by atoms with Crippen molar-refractivity contribution in [3.63, 3.8) is 0 Å². The van der Waals surface area contributed by atoms with Gasteiger partial charge in [0.2, 0.25) is 0 Å². The lowest BCUT2D eigenvalue weighted by molar-refractivity contribution is 0.0716. The molecular formula is C14H20ClN3OS. The molecule has 1 N–H and O–H groups in total. The molecule has 110 valence electrons. The Kier molecular flexibility index (Phi) is 5.54.